The number of carbonyl (C=O) groups excluding carboxylic acids is 1. The number of hydrogen-bond donors (Lipinski definition) is 2. The van der Waals surface area contributed by atoms with Gasteiger partial charge in [-0.15, -0.1) is 0 Å². The monoisotopic (exact) mass is 234 g/mol. The van der Waals surface area contributed by atoms with Crippen LogP contribution >= 0.6 is 0 Å². The maximum atomic E-state index is 11.1. The predicted molar refractivity (Wildman–Crippen MR) is 67.0 cm³/mol. The minimum absolute atomic E-state index is 0.000323. The van der Waals surface area contributed by atoms with E-state index in [9.17, 15) is 4.79 Å². The molecule has 1 aromatic carbocycles. The van der Waals surface area contributed by atoms with Crippen molar-refractivity contribution in [1.82, 2.24) is 0 Å². The van der Waals surface area contributed by atoms with Crippen LogP contribution in [0.2, 0.25) is 0 Å². The molecule has 0 heterocycles. The van der Waals surface area contributed by atoms with Gasteiger partial charge in [-0.1, -0.05) is 0 Å². The molecule has 2 rings (SSSR count). The lowest BCUT2D eigenvalue weighted by molar-refractivity contribution is -0.114. The van der Waals surface area contributed by atoms with Crippen LogP contribution < -0.4 is 15.8 Å². The van der Waals surface area contributed by atoms with Crippen LogP contribution in [0.1, 0.15) is 25.7 Å². The Hall–Kier alpha value is -1.55. The maximum absolute atomic E-state index is 11.1. The summed E-state index contributed by atoms with van der Waals surface area (Å²) in [5.41, 5.74) is 5.97. The molecule has 0 aliphatic heterocycles. The Morgan fingerprint density at radius 1 is 1.29 bits per heavy atom. The molecule has 1 amide bonds. The van der Waals surface area contributed by atoms with Crippen molar-refractivity contribution in [3.63, 3.8) is 0 Å². The average Bonchev–Trinajstić information content (AvgIpc) is 2.84. The van der Waals surface area contributed by atoms with Crippen LogP contribution in [-0.4, -0.2) is 18.6 Å². The van der Waals surface area contributed by atoms with Gasteiger partial charge in [0.2, 0.25) is 5.91 Å². The smallest absolute Gasteiger partial charge is 0.238 e. The van der Waals surface area contributed by atoms with Crippen LogP contribution in [0.4, 0.5) is 5.69 Å². The summed E-state index contributed by atoms with van der Waals surface area (Å²) in [4.78, 5) is 11.1. The number of nitrogens with one attached hydrogen (secondary N) is 1. The molecule has 0 bridgehead atoms. The largest absolute Gasteiger partial charge is 0.490 e. The van der Waals surface area contributed by atoms with Crippen molar-refractivity contribution in [3.05, 3.63) is 24.3 Å². The fourth-order valence-corrected chi connectivity index (χ4v) is 2.03. The van der Waals surface area contributed by atoms with Gasteiger partial charge in [-0.2, -0.15) is 0 Å². The van der Waals surface area contributed by atoms with E-state index in [1.807, 2.05) is 24.3 Å². The standard InChI is InChI=1S/C13H18N2O2/c14-9-13(16)15-10-5-7-12(8-6-10)17-11-3-1-2-4-11/h5-8,11H,1-4,9,14H2,(H,15,16). The molecular formula is C13H18N2O2. The fraction of sp³-hybridized carbons (Fsp3) is 0.462. The zero-order valence-electron chi connectivity index (χ0n) is 9.82. The molecule has 4 heteroatoms. The lowest BCUT2D eigenvalue weighted by Crippen LogP contribution is -2.21. The predicted octanol–water partition coefficient (Wildman–Crippen LogP) is 1.91. The van der Waals surface area contributed by atoms with Crippen LogP contribution in [0.5, 0.6) is 5.75 Å². The summed E-state index contributed by atoms with van der Waals surface area (Å²) < 4.78 is 5.82. The first-order valence-electron chi connectivity index (χ1n) is 6.04. The zero-order valence-corrected chi connectivity index (χ0v) is 9.82. The first kappa shape index (κ1) is 11.9. The van der Waals surface area contributed by atoms with E-state index in [2.05, 4.69) is 5.32 Å². The van der Waals surface area contributed by atoms with Gasteiger partial charge in [-0.25, -0.2) is 0 Å². The molecule has 1 fully saturated rings. The van der Waals surface area contributed by atoms with Crippen molar-refractivity contribution >= 4 is 11.6 Å². The van der Waals surface area contributed by atoms with Crippen LogP contribution in [0.25, 0.3) is 0 Å². The SMILES string of the molecule is NCC(=O)Nc1ccc(OC2CCCC2)cc1. The van der Waals surface area contributed by atoms with Crippen molar-refractivity contribution in [3.8, 4) is 5.75 Å². The molecule has 0 saturated heterocycles. The van der Waals surface area contributed by atoms with Crippen LogP contribution in [0.3, 0.4) is 0 Å². The number of rotatable bonds is 4. The summed E-state index contributed by atoms with van der Waals surface area (Å²) in [6, 6.07) is 7.42. The van der Waals surface area contributed by atoms with Crippen molar-refractivity contribution in [2.75, 3.05) is 11.9 Å². The van der Waals surface area contributed by atoms with E-state index in [4.69, 9.17) is 10.5 Å². The number of nitrogens with two attached hydrogens (primary N) is 1. The Kier molecular flexibility index (Phi) is 3.98. The lowest BCUT2D eigenvalue weighted by Gasteiger charge is -2.13. The molecule has 0 unspecified atom stereocenters. The molecule has 1 aliphatic carbocycles. The minimum atomic E-state index is -0.186. The Labute approximate surface area is 101 Å². The quantitative estimate of drug-likeness (QED) is 0.836. The molecule has 92 valence electrons. The molecule has 1 aliphatic rings. The van der Waals surface area contributed by atoms with E-state index < -0.39 is 0 Å². The Balaban J connectivity index is 1.90. The van der Waals surface area contributed by atoms with E-state index >= 15 is 0 Å². The molecule has 0 radical (unpaired) electrons. The normalized spacial score (nSPS) is 15.8. The second-order valence-corrected chi connectivity index (χ2v) is 4.30. The summed E-state index contributed by atoms with van der Waals surface area (Å²) in [5, 5.41) is 2.69. The highest BCUT2D eigenvalue weighted by atomic mass is 16.5. The second-order valence-electron chi connectivity index (χ2n) is 4.30. The third-order valence-corrected chi connectivity index (χ3v) is 2.93. The van der Waals surface area contributed by atoms with Gasteiger partial charge in [0, 0.05) is 5.69 Å². The highest BCUT2D eigenvalue weighted by Crippen LogP contribution is 2.24. The van der Waals surface area contributed by atoms with Gasteiger partial charge in [0.1, 0.15) is 5.75 Å². The fourth-order valence-electron chi connectivity index (χ4n) is 2.03. The molecule has 1 saturated carbocycles. The first-order valence-corrected chi connectivity index (χ1v) is 6.04. The molecule has 17 heavy (non-hydrogen) atoms. The molecule has 4 nitrogen and oxygen atoms in total. The topological polar surface area (TPSA) is 64.4 Å². The van der Waals surface area contributed by atoms with Crippen LogP contribution in [-0.2, 0) is 4.79 Å². The minimum Gasteiger partial charge on any atom is -0.490 e. The maximum Gasteiger partial charge on any atom is 0.238 e. The van der Waals surface area contributed by atoms with Crippen molar-refractivity contribution < 1.29 is 9.53 Å². The van der Waals surface area contributed by atoms with Gasteiger partial charge in [0.25, 0.3) is 0 Å². The van der Waals surface area contributed by atoms with Crippen LogP contribution in [0.15, 0.2) is 24.3 Å². The van der Waals surface area contributed by atoms with Gasteiger partial charge in [0.15, 0.2) is 0 Å². The summed E-state index contributed by atoms with van der Waals surface area (Å²) in [7, 11) is 0. The highest BCUT2D eigenvalue weighted by molar-refractivity contribution is 5.92. The summed E-state index contributed by atoms with van der Waals surface area (Å²) in [5.74, 6) is 0.678. The molecule has 1 aromatic rings. The molecule has 0 atom stereocenters. The van der Waals surface area contributed by atoms with Gasteiger partial charge >= 0.3 is 0 Å². The Morgan fingerprint density at radius 2 is 1.94 bits per heavy atom. The van der Waals surface area contributed by atoms with E-state index in [0.717, 1.165) is 24.3 Å². The highest BCUT2D eigenvalue weighted by Gasteiger charge is 2.16. The van der Waals surface area contributed by atoms with E-state index in [1.165, 1.54) is 12.8 Å². The molecule has 3 N–H and O–H groups in total. The third kappa shape index (κ3) is 3.46. The summed E-state index contributed by atoms with van der Waals surface area (Å²) in [6.07, 6.45) is 5.17. The third-order valence-electron chi connectivity index (χ3n) is 2.93. The van der Waals surface area contributed by atoms with E-state index in [-0.39, 0.29) is 12.5 Å². The Bertz CT molecular complexity index is 370. The van der Waals surface area contributed by atoms with Gasteiger partial charge in [-0.05, 0) is 49.9 Å². The van der Waals surface area contributed by atoms with Crippen molar-refractivity contribution in [2.24, 2.45) is 5.73 Å². The number of hydrogen-bond acceptors (Lipinski definition) is 3. The second kappa shape index (κ2) is 5.68. The van der Waals surface area contributed by atoms with Gasteiger partial charge in [-0.3, -0.25) is 4.79 Å². The van der Waals surface area contributed by atoms with Gasteiger partial charge < -0.3 is 15.8 Å². The lowest BCUT2D eigenvalue weighted by atomic mass is 10.2. The van der Waals surface area contributed by atoms with Crippen molar-refractivity contribution in [1.29, 1.82) is 0 Å². The molecule has 0 spiro atoms. The molecular weight excluding hydrogens is 216 g/mol. The van der Waals surface area contributed by atoms with E-state index in [1.54, 1.807) is 0 Å². The first-order chi connectivity index (χ1) is 8.28. The van der Waals surface area contributed by atoms with Crippen molar-refractivity contribution in [2.45, 2.75) is 31.8 Å². The number of ether oxygens (including phenoxy) is 1. The number of carbonyl (C=O) groups is 1. The number of amides is 1. The van der Waals surface area contributed by atoms with Gasteiger partial charge in [0.05, 0.1) is 12.6 Å². The Morgan fingerprint density at radius 3 is 2.53 bits per heavy atom. The zero-order chi connectivity index (χ0) is 12.1. The van der Waals surface area contributed by atoms with E-state index in [0.29, 0.717) is 6.10 Å². The number of anilines is 1. The average molecular weight is 234 g/mol. The summed E-state index contributed by atoms with van der Waals surface area (Å²) >= 11 is 0. The van der Waals surface area contributed by atoms with Crippen LogP contribution in [0, 0.1) is 0 Å². The summed E-state index contributed by atoms with van der Waals surface area (Å²) in [6.45, 7) is 0.000323. The molecule has 0 aromatic heterocycles. The number of benzene rings is 1.